The molecule has 6 heteroatoms. The van der Waals surface area contributed by atoms with Gasteiger partial charge >= 0.3 is 0 Å². The van der Waals surface area contributed by atoms with Crippen LogP contribution in [0.15, 0.2) is 35.8 Å². The van der Waals surface area contributed by atoms with Crippen molar-refractivity contribution >= 4 is 28.7 Å². The highest BCUT2D eigenvalue weighted by atomic mass is 32.1. The zero-order valence-corrected chi connectivity index (χ0v) is 13.8. The minimum Gasteiger partial charge on any atom is -0.384 e. The van der Waals surface area contributed by atoms with Gasteiger partial charge in [0.25, 0.3) is 0 Å². The van der Waals surface area contributed by atoms with Crippen molar-refractivity contribution < 1.29 is 4.79 Å². The van der Waals surface area contributed by atoms with E-state index in [-0.39, 0.29) is 5.91 Å². The second-order valence-corrected chi connectivity index (χ2v) is 6.35. The number of pyridine rings is 1. The van der Waals surface area contributed by atoms with Crippen LogP contribution in [0, 0.1) is 0 Å². The molecule has 0 aromatic carbocycles. The fraction of sp³-hybridized carbons (Fsp3) is 0.375. The number of thiophene rings is 1. The van der Waals surface area contributed by atoms with E-state index in [9.17, 15) is 4.79 Å². The van der Waals surface area contributed by atoms with Gasteiger partial charge in [0, 0.05) is 11.4 Å². The first-order valence-electron chi connectivity index (χ1n) is 7.30. The van der Waals surface area contributed by atoms with Gasteiger partial charge in [-0.05, 0) is 50.6 Å². The molecule has 0 saturated heterocycles. The Morgan fingerprint density at radius 2 is 2.18 bits per heavy atom. The normalized spacial score (nSPS) is 10.7. The molecule has 22 heavy (non-hydrogen) atoms. The van der Waals surface area contributed by atoms with Gasteiger partial charge in [0.05, 0.1) is 18.3 Å². The second kappa shape index (κ2) is 8.51. The van der Waals surface area contributed by atoms with Gasteiger partial charge in [0.1, 0.15) is 5.82 Å². The molecule has 0 radical (unpaired) electrons. The van der Waals surface area contributed by atoms with Crippen LogP contribution in [-0.2, 0) is 11.2 Å². The Kier molecular flexibility index (Phi) is 6.36. The van der Waals surface area contributed by atoms with Crippen LogP contribution in [0.2, 0.25) is 0 Å². The maximum atomic E-state index is 11.9. The van der Waals surface area contributed by atoms with Gasteiger partial charge in [0.15, 0.2) is 0 Å². The molecule has 2 aromatic heterocycles. The molecule has 2 aromatic rings. The van der Waals surface area contributed by atoms with Crippen molar-refractivity contribution in [2.45, 2.75) is 12.8 Å². The Hall–Kier alpha value is -1.92. The summed E-state index contributed by atoms with van der Waals surface area (Å²) in [7, 11) is 4.13. The van der Waals surface area contributed by atoms with Crippen molar-refractivity contribution in [2.24, 2.45) is 0 Å². The smallest absolute Gasteiger partial charge is 0.230 e. The summed E-state index contributed by atoms with van der Waals surface area (Å²) in [5.74, 6) is 0.544. The summed E-state index contributed by atoms with van der Waals surface area (Å²) in [6.45, 7) is 1.96. The number of nitrogens with zero attached hydrogens (tertiary/aromatic N) is 2. The third-order valence-electron chi connectivity index (χ3n) is 3.06. The van der Waals surface area contributed by atoms with Crippen molar-refractivity contribution in [1.82, 2.24) is 9.88 Å². The van der Waals surface area contributed by atoms with E-state index in [0.29, 0.717) is 12.2 Å². The molecule has 0 spiro atoms. The first-order chi connectivity index (χ1) is 10.6. The van der Waals surface area contributed by atoms with Crippen LogP contribution in [0.5, 0.6) is 0 Å². The fourth-order valence-electron chi connectivity index (χ4n) is 1.96. The SMILES string of the molecule is CN(C)CCCNc1ccc(NC(=O)Cc2cccs2)nc1. The van der Waals surface area contributed by atoms with E-state index in [0.717, 1.165) is 30.1 Å². The maximum Gasteiger partial charge on any atom is 0.230 e. The van der Waals surface area contributed by atoms with Crippen LogP contribution < -0.4 is 10.6 Å². The van der Waals surface area contributed by atoms with E-state index < -0.39 is 0 Å². The third kappa shape index (κ3) is 5.83. The van der Waals surface area contributed by atoms with E-state index in [1.165, 1.54) is 0 Å². The van der Waals surface area contributed by atoms with Crippen molar-refractivity contribution in [3.8, 4) is 0 Å². The molecule has 0 fully saturated rings. The monoisotopic (exact) mass is 318 g/mol. The largest absolute Gasteiger partial charge is 0.384 e. The molecular weight excluding hydrogens is 296 g/mol. The molecule has 118 valence electrons. The lowest BCUT2D eigenvalue weighted by molar-refractivity contribution is -0.115. The molecule has 0 aliphatic heterocycles. The van der Waals surface area contributed by atoms with Crippen LogP contribution in [0.3, 0.4) is 0 Å². The minimum atomic E-state index is -0.0401. The van der Waals surface area contributed by atoms with Gasteiger partial charge in [-0.1, -0.05) is 6.07 Å². The van der Waals surface area contributed by atoms with Crippen LogP contribution in [-0.4, -0.2) is 43.0 Å². The van der Waals surface area contributed by atoms with E-state index in [1.54, 1.807) is 17.5 Å². The summed E-state index contributed by atoms with van der Waals surface area (Å²) < 4.78 is 0. The van der Waals surface area contributed by atoms with Crippen molar-refractivity contribution in [3.63, 3.8) is 0 Å². The Bertz CT molecular complexity index is 566. The van der Waals surface area contributed by atoms with E-state index in [1.807, 2.05) is 29.6 Å². The Morgan fingerprint density at radius 1 is 1.32 bits per heavy atom. The summed E-state index contributed by atoms with van der Waals surface area (Å²) in [6, 6.07) is 7.66. The van der Waals surface area contributed by atoms with Crippen LogP contribution in [0.25, 0.3) is 0 Å². The van der Waals surface area contributed by atoms with Gasteiger partial charge < -0.3 is 15.5 Å². The third-order valence-corrected chi connectivity index (χ3v) is 3.93. The molecular formula is C16H22N4OS. The number of nitrogens with one attached hydrogen (secondary N) is 2. The van der Waals surface area contributed by atoms with Gasteiger partial charge in [0.2, 0.25) is 5.91 Å². The van der Waals surface area contributed by atoms with Gasteiger partial charge in [-0.25, -0.2) is 4.98 Å². The molecule has 2 rings (SSSR count). The molecule has 1 amide bonds. The lowest BCUT2D eigenvalue weighted by Crippen LogP contribution is -2.16. The van der Waals surface area contributed by atoms with Gasteiger partial charge in [-0.15, -0.1) is 11.3 Å². The number of rotatable bonds is 8. The van der Waals surface area contributed by atoms with Crippen molar-refractivity contribution in [1.29, 1.82) is 0 Å². The molecule has 2 N–H and O–H groups in total. The zero-order chi connectivity index (χ0) is 15.8. The molecule has 0 unspecified atom stereocenters. The number of amides is 1. The Balaban J connectivity index is 1.75. The summed E-state index contributed by atoms with van der Waals surface area (Å²) in [5, 5.41) is 8.10. The molecule has 0 saturated carbocycles. The summed E-state index contributed by atoms with van der Waals surface area (Å²) in [5.41, 5.74) is 0.968. The van der Waals surface area contributed by atoms with Crippen LogP contribution in [0.1, 0.15) is 11.3 Å². The summed E-state index contributed by atoms with van der Waals surface area (Å²) in [4.78, 5) is 19.3. The average Bonchev–Trinajstić information content (AvgIpc) is 2.98. The number of aromatic nitrogens is 1. The molecule has 0 aliphatic carbocycles. The lowest BCUT2D eigenvalue weighted by atomic mass is 10.3. The average molecular weight is 318 g/mol. The highest BCUT2D eigenvalue weighted by Crippen LogP contribution is 2.12. The van der Waals surface area contributed by atoms with Crippen LogP contribution in [0.4, 0.5) is 11.5 Å². The molecule has 2 heterocycles. The Morgan fingerprint density at radius 3 is 2.82 bits per heavy atom. The maximum absolute atomic E-state index is 11.9. The molecule has 0 atom stereocenters. The predicted octanol–water partition coefficient (Wildman–Crippen LogP) is 2.69. The van der Waals surface area contributed by atoms with E-state index in [4.69, 9.17) is 0 Å². The van der Waals surface area contributed by atoms with Crippen molar-refractivity contribution in [3.05, 3.63) is 40.7 Å². The van der Waals surface area contributed by atoms with Crippen molar-refractivity contribution in [2.75, 3.05) is 37.8 Å². The predicted molar refractivity (Wildman–Crippen MR) is 92.6 cm³/mol. The topological polar surface area (TPSA) is 57.3 Å². The number of anilines is 2. The minimum absolute atomic E-state index is 0.0401. The first kappa shape index (κ1) is 16.5. The van der Waals surface area contributed by atoms with Gasteiger partial charge in [-0.3, -0.25) is 4.79 Å². The summed E-state index contributed by atoms with van der Waals surface area (Å²) in [6.07, 6.45) is 3.21. The zero-order valence-electron chi connectivity index (χ0n) is 13.0. The highest BCUT2D eigenvalue weighted by Gasteiger charge is 2.05. The summed E-state index contributed by atoms with van der Waals surface area (Å²) >= 11 is 1.58. The highest BCUT2D eigenvalue weighted by molar-refractivity contribution is 7.10. The number of carbonyl (C=O) groups is 1. The Labute approximate surface area is 135 Å². The molecule has 0 bridgehead atoms. The first-order valence-corrected chi connectivity index (χ1v) is 8.18. The number of carbonyl (C=O) groups excluding carboxylic acids is 1. The van der Waals surface area contributed by atoms with Gasteiger partial charge in [-0.2, -0.15) is 0 Å². The fourth-order valence-corrected chi connectivity index (χ4v) is 2.66. The lowest BCUT2D eigenvalue weighted by Gasteiger charge is -2.10. The number of hydrogen-bond acceptors (Lipinski definition) is 5. The molecule has 0 aliphatic rings. The number of hydrogen-bond donors (Lipinski definition) is 2. The molecule has 5 nitrogen and oxygen atoms in total. The van der Waals surface area contributed by atoms with Crippen LogP contribution >= 0.6 is 11.3 Å². The van der Waals surface area contributed by atoms with E-state index >= 15 is 0 Å². The quantitative estimate of drug-likeness (QED) is 0.735. The standard InChI is InChI=1S/C16H22N4OS/c1-20(2)9-4-8-17-13-6-7-15(18-12-13)19-16(21)11-14-5-3-10-22-14/h3,5-7,10,12,17H,4,8-9,11H2,1-2H3,(H,18,19,21). The second-order valence-electron chi connectivity index (χ2n) is 5.32. The van der Waals surface area contributed by atoms with E-state index in [2.05, 4.69) is 34.6 Å².